The van der Waals surface area contributed by atoms with Crippen LogP contribution >= 0.6 is 54.5 Å². The van der Waals surface area contributed by atoms with Gasteiger partial charge in [0.25, 0.3) is 5.91 Å². The average Bonchev–Trinajstić information content (AvgIpc) is 2.81. The number of hydrogen-bond donors (Lipinski definition) is 1. The molecule has 0 aromatic heterocycles. The third kappa shape index (κ3) is 5.74. The molecule has 10 heteroatoms. The number of hydrogen-bond acceptors (Lipinski definition) is 6. The van der Waals surface area contributed by atoms with Crippen LogP contribution in [0.2, 0.25) is 0 Å². The van der Waals surface area contributed by atoms with Gasteiger partial charge in [0.15, 0.2) is 17.2 Å². The summed E-state index contributed by atoms with van der Waals surface area (Å²) >= 11 is 8.91. The van der Waals surface area contributed by atoms with E-state index in [0.717, 1.165) is 8.04 Å². The topological polar surface area (TPSA) is 86.2 Å². The number of hydrazone groups is 1. The highest BCUT2D eigenvalue weighted by atomic mass is 127. The number of para-hydroxylation sites is 2. The van der Waals surface area contributed by atoms with E-state index in [-0.39, 0.29) is 12.4 Å². The minimum absolute atomic E-state index is 0.0688. The van der Waals surface area contributed by atoms with Crippen LogP contribution in [0.5, 0.6) is 17.2 Å². The van der Waals surface area contributed by atoms with E-state index in [0.29, 0.717) is 27.1 Å². The molecular weight excluding hydrogens is 671 g/mol. The van der Waals surface area contributed by atoms with Crippen LogP contribution in [0.25, 0.3) is 0 Å². The Balaban J connectivity index is 1.48. The van der Waals surface area contributed by atoms with Crippen molar-refractivity contribution in [1.29, 1.82) is 0 Å². The molecule has 1 unspecified atom stereocenters. The van der Waals surface area contributed by atoms with Crippen molar-refractivity contribution in [1.82, 2.24) is 5.43 Å². The molecule has 1 amide bonds. The SMILES string of the molecule is O=C(Oc1c(Br)cc(Br)cc1C=NNC(=O)C1COc2ccccc2O1)c1ccccc1I. The number of carbonyl (C=O) groups is 2. The molecule has 33 heavy (non-hydrogen) atoms. The Labute approximate surface area is 219 Å². The van der Waals surface area contributed by atoms with Crippen molar-refractivity contribution >= 4 is 72.5 Å². The van der Waals surface area contributed by atoms with Crippen LogP contribution in [0.3, 0.4) is 0 Å². The molecule has 1 heterocycles. The number of amides is 1. The zero-order chi connectivity index (χ0) is 23.4. The maximum atomic E-state index is 12.7. The van der Waals surface area contributed by atoms with Gasteiger partial charge in [-0.3, -0.25) is 4.79 Å². The highest BCUT2D eigenvalue weighted by Crippen LogP contribution is 2.33. The Bertz CT molecular complexity index is 1250. The maximum Gasteiger partial charge on any atom is 0.344 e. The van der Waals surface area contributed by atoms with Gasteiger partial charge in [0.1, 0.15) is 6.61 Å². The first-order valence-electron chi connectivity index (χ1n) is 9.59. The van der Waals surface area contributed by atoms with E-state index in [1.165, 1.54) is 6.21 Å². The van der Waals surface area contributed by atoms with Crippen LogP contribution in [0.1, 0.15) is 15.9 Å². The lowest BCUT2D eigenvalue weighted by Crippen LogP contribution is -2.42. The van der Waals surface area contributed by atoms with Crippen molar-refractivity contribution in [2.45, 2.75) is 6.10 Å². The Morgan fingerprint density at radius 2 is 1.82 bits per heavy atom. The number of nitrogens with one attached hydrogen (secondary N) is 1. The highest BCUT2D eigenvalue weighted by molar-refractivity contribution is 14.1. The van der Waals surface area contributed by atoms with Gasteiger partial charge in [0.2, 0.25) is 6.10 Å². The minimum Gasteiger partial charge on any atom is -0.485 e. The van der Waals surface area contributed by atoms with Gasteiger partial charge >= 0.3 is 5.97 Å². The summed E-state index contributed by atoms with van der Waals surface area (Å²) in [6.07, 6.45) is 0.549. The average molecular weight is 686 g/mol. The Morgan fingerprint density at radius 3 is 2.61 bits per heavy atom. The van der Waals surface area contributed by atoms with Crippen LogP contribution in [0.15, 0.2) is 74.7 Å². The summed E-state index contributed by atoms with van der Waals surface area (Å²) in [5, 5.41) is 4.02. The van der Waals surface area contributed by atoms with Gasteiger partial charge in [-0.05, 0) is 74.9 Å². The summed E-state index contributed by atoms with van der Waals surface area (Å²) in [6, 6.07) is 17.7. The third-order valence-corrected chi connectivity index (χ3v) is 6.49. The van der Waals surface area contributed by atoms with Gasteiger partial charge in [-0.2, -0.15) is 5.10 Å². The first kappa shape index (κ1) is 23.7. The first-order chi connectivity index (χ1) is 15.9. The fourth-order valence-electron chi connectivity index (χ4n) is 2.94. The fourth-order valence-corrected chi connectivity index (χ4v) is 4.89. The molecule has 0 bridgehead atoms. The monoisotopic (exact) mass is 684 g/mol. The third-order valence-electron chi connectivity index (χ3n) is 4.51. The van der Waals surface area contributed by atoms with Crippen molar-refractivity contribution < 1.29 is 23.8 Å². The molecular formula is C23H15Br2IN2O5. The number of rotatable bonds is 5. The second-order valence-electron chi connectivity index (χ2n) is 6.77. The van der Waals surface area contributed by atoms with Crippen molar-refractivity contribution in [3.05, 3.63) is 84.3 Å². The molecule has 0 saturated carbocycles. The normalized spacial score (nSPS) is 14.7. The standard InChI is InChI=1S/C23H15Br2IN2O5/c24-14-9-13(21(16(25)10-14)33-23(30)15-5-1-2-6-17(15)26)11-27-28-22(29)20-12-31-18-7-3-4-8-19(18)32-20/h1-11,20H,12H2,(H,28,29). The molecule has 0 aliphatic carbocycles. The van der Waals surface area contributed by atoms with E-state index in [1.54, 1.807) is 42.5 Å². The quantitative estimate of drug-likeness (QED) is 0.129. The van der Waals surface area contributed by atoms with E-state index in [9.17, 15) is 9.59 Å². The fraction of sp³-hybridized carbons (Fsp3) is 0.0870. The number of carbonyl (C=O) groups excluding carboxylic acids is 2. The number of fused-ring (bicyclic) bond motifs is 1. The lowest BCUT2D eigenvalue weighted by Gasteiger charge is -2.24. The largest absolute Gasteiger partial charge is 0.485 e. The van der Waals surface area contributed by atoms with Gasteiger partial charge in [-0.1, -0.05) is 40.2 Å². The molecule has 1 atom stereocenters. The molecule has 0 fully saturated rings. The minimum atomic E-state index is -0.844. The van der Waals surface area contributed by atoms with Gasteiger partial charge in [-0.15, -0.1) is 0 Å². The summed E-state index contributed by atoms with van der Waals surface area (Å²) in [6.45, 7) is 0.0688. The molecule has 1 aliphatic heterocycles. The van der Waals surface area contributed by atoms with Gasteiger partial charge in [-0.25, -0.2) is 10.2 Å². The van der Waals surface area contributed by atoms with Crippen molar-refractivity contribution in [2.75, 3.05) is 6.61 Å². The molecule has 7 nitrogen and oxygen atoms in total. The van der Waals surface area contributed by atoms with E-state index < -0.39 is 18.0 Å². The zero-order valence-corrected chi connectivity index (χ0v) is 22.1. The maximum absolute atomic E-state index is 12.7. The molecule has 168 valence electrons. The van der Waals surface area contributed by atoms with Crippen molar-refractivity contribution in [3.8, 4) is 17.2 Å². The number of esters is 1. The molecule has 0 radical (unpaired) electrons. The van der Waals surface area contributed by atoms with Crippen molar-refractivity contribution in [2.24, 2.45) is 5.10 Å². The molecule has 1 N–H and O–H groups in total. The zero-order valence-electron chi connectivity index (χ0n) is 16.8. The second-order valence-corrected chi connectivity index (χ2v) is 9.71. The van der Waals surface area contributed by atoms with Crippen LogP contribution in [0.4, 0.5) is 0 Å². The smallest absolute Gasteiger partial charge is 0.344 e. The van der Waals surface area contributed by atoms with Gasteiger partial charge in [0, 0.05) is 13.6 Å². The molecule has 4 rings (SSSR count). The molecule has 3 aromatic carbocycles. The van der Waals surface area contributed by atoms with Gasteiger partial charge in [0.05, 0.1) is 16.3 Å². The van der Waals surface area contributed by atoms with Crippen molar-refractivity contribution in [3.63, 3.8) is 0 Å². The van der Waals surface area contributed by atoms with Crippen LogP contribution < -0.4 is 19.6 Å². The van der Waals surface area contributed by atoms with E-state index >= 15 is 0 Å². The van der Waals surface area contributed by atoms with Gasteiger partial charge < -0.3 is 14.2 Å². The summed E-state index contributed by atoms with van der Waals surface area (Å²) in [5.74, 6) is 0.379. The highest BCUT2D eigenvalue weighted by Gasteiger charge is 2.27. The number of ether oxygens (including phenoxy) is 3. The molecule has 0 saturated heterocycles. The first-order valence-corrected chi connectivity index (χ1v) is 12.3. The van der Waals surface area contributed by atoms with E-state index in [2.05, 4.69) is 65.0 Å². The second kappa shape index (κ2) is 10.7. The summed E-state index contributed by atoms with van der Waals surface area (Å²) in [4.78, 5) is 25.2. The molecule has 1 aliphatic rings. The lowest BCUT2D eigenvalue weighted by molar-refractivity contribution is -0.130. The summed E-state index contributed by atoms with van der Waals surface area (Å²) in [7, 11) is 0. The number of nitrogens with zero attached hydrogens (tertiary/aromatic N) is 1. The number of halogens is 3. The Morgan fingerprint density at radius 1 is 1.09 bits per heavy atom. The van der Waals surface area contributed by atoms with E-state index in [4.69, 9.17) is 14.2 Å². The van der Waals surface area contributed by atoms with E-state index in [1.807, 2.05) is 18.2 Å². The Hall–Kier alpha value is -2.44. The number of benzene rings is 3. The predicted octanol–water partition coefficient (Wildman–Crippen LogP) is 5.33. The van der Waals surface area contributed by atoms with Crippen LogP contribution in [0, 0.1) is 3.57 Å². The molecule has 0 spiro atoms. The van der Waals surface area contributed by atoms with Crippen LogP contribution in [-0.2, 0) is 4.79 Å². The predicted molar refractivity (Wildman–Crippen MR) is 138 cm³/mol. The Kier molecular flexibility index (Phi) is 7.66. The lowest BCUT2D eigenvalue weighted by atomic mass is 10.2. The summed E-state index contributed by atoms with van der Waals surface area (Å²) in [5.41, 5.74) is 3.36. The van der Waals surface area contributed by atoms with Crippen LogP contribution in [-0.4, -0.2) is 30.8 Å². The molecule has 3 aromatic rings. The summed E-state index contributed by atoms with van der Waals surface area (Å²) < 4.78 is 18.9.